The van der Waals surface area contributed by atoms with Gasteiger partial charge in [-0.15, -0.1) is 0 Å². The van der Waals surface area contributed by atoms with E-state index < -0.39 is 10.0 Å². The zero-order valence-corrected chi connectivity index (χ0v) is 11.9. The third kappa shape index (κ3) is 3.92. The molecule has 1 aromatic heterocycles. The summed E-state index contributed by atoms with van der Waals surface area (Å²) in [5.41, 5.74) is 1.52. The summed E-state index contributed by atoms with van der Waals surface area (Å²) in [6.07, 6.45) is 7.07. The van der Waals surface area contributed by atoms with Crippen LogP contribution in [0.2, 0.25) is 0 Å². The minimum absolute atomic E-state index is 0.0368. The Balaban J connectivity index is 1.77. The SMILES string of the molecule is CNS(=O)(=O)c1ccc(CNCCC2=CCCC2)o1. The van der Waals surface area contributed by atoms with Crippen LogP contribution < -0.4 is 10.0 Å². The molecule has 1 aromatic rings. The van der Waals surface area contributed by atoms with E-state index in [9.17, 15) is 8.42 Å². The third-order valence-electron chi connectivity index (χ3n) is 3.23. The quantitative estimate of drug-likeness (QED) is 0.591. The van der Waals surface area contributed by atoms with Gasteiger partial charge in [-0.2, -0.15) is 0 Å². The number of hydrogen-bond acceptors (Lipinski definition) is 4. The number of furan rings is 1. The van der Waals surface area contributed by atoms with Crippen molar-refractivity contribution in [2.24, 2.45) is 0 Å². The third-order valence-corrected chi connectivity index (χ3v) is 4.51. The van der Waals surface area contributed by atoms with Crippen molar-refractivity contribution in [2.75, 3.05) is 13.6 Å². The first-order valence-corrected chi connectivity index (χ1v) is 8.01. The molecule has 106 valence electrons. The summed E-state index contributed by atoms with van der Waals surface area (Å²) < 4.78 is 30.5. The summed E-state index contributed by atoms with van der Waals surface area (Å²) in [5, 5.41) is 3.22. The molecular formula is C13H20N2O3S. The monoisotopic (exact) mass is 284 g/mol. The van der Waals surface area contributed by atoms with Crippen molar-refractivity contribution in [1.82, 2.24) is 10.0 Å². The summed E-state index contributed by atoms with van der Waals surface area (Å²) in [4.78, 5) is 0. The van der Waals surface area contributed by atoms with E-state index in [-0.39, 0.29) is 5.09 Å². The minimum atomic E-state index is -3.47. The van der Waals surface area contributed by atoms with E-state index in [1.54, 1.807) is 6.07 Å². The average molecular weight is 284 g/mol. The van der Waals surface area contributed by atoms with Crippen LogP contribution in [0.25, 0.3) is 0 Å². The maximum Gasteiger partial charge on any atom is 0.273 e. The van der Waals surface area contributed by atoms with Gasteiger partial charge in [0.1, 0.15) is 5.76 Å². The van der Waals surface area contributed by atoms with Crippen molar-refractivity contribution in [3.05, 3.63) is 29.5 Å². The van der Waals surface area contributed by atoms with E-state index >= 15 is 0 Å². The minimum Gasteiger partial charge on any atom is -0.447 e. The fourth-order valence-corrected chi connectivity index (χ4v) is 2.79. The number of hydrogen-bond donors (Lipinski definition) is 2. The first-order valence-electron chi connectivity index (χ1n) is 6.53. The molecule has 0 saturated heterocycles. The van der Waals surface area contributed by atoms with Crippen LogP contribution in [-0.2, 0) is 16.6 Å². The molecule has 0 saturated carbocycles. The highest BCUT2D eigenvalue weighted by Crippen LogP contribution is 2.19. The Morgan fingerprint density at radius 2 is 2.21 bits per heavy atom. The van der Waals surface area contributed by atoms with Crippen LogP contribution in [0, 0.1) is 0 Å². The van der Waals surface area contributed by atoms with Gasteiger partial charge in [-0.1, -0.05) is 11.6 Å². The van der Waals surface area contributed by atoms with Crippen molar-refractivity contribution in [2.45, 2.75) is 37.3 Å². The molecule has 0 fully saturated rings. The lowest BCUT2D eigenvalue weighted by Gasteiger charge is -2.03. The van der Waals surface area contributed by atoms with Gasteiger partial charge >= 0.3 is 0 Å². The Morgan fingerprint density at radius 3 is 2.89 bits per heavy atom. The standard InChI is InChI=1S/C13H20N2O3S/c1-14-19(16,17)13-7-6-12(18-13)10-15-9-8-11-4-2-3-5-11/h4,6-7,14-15H,2-3,5,8-10H2,1H3. The van der Waals surface area contributed by atoms with Gasteiger partial charge in [0.15, 0.2) is 0 Å². The molecule has 5 nitrogen and oxygen atoms in total. The van der Waals surface area contributed by atoms with Crippen LogP contribution >= 0.6 is 0 Å². The first kappa shape index (κ1) is 14.3. The van der Waals surface area contributed by atoms with E-state index in [1.165, 1.54) is 37.9 Å². The molecule has 1 aliphatic rings. The summed E-state index contributed by atoms with van der Waals surface area (Å²) in [6.45, 7) is 1.44. The zero-order valence-electron chi connectivity index (χ0n) is 11.1. The van der Waals surface area contributed by atoms with Crippen LogP contribution in [0.4, 0.5) is 0 Å². The molecular weight excluding hydrogens is 264 g/mol. The fourth-order valence-electron chi connectivity index (χ4n) is 2.12. The molecule has 1 aliphatic carbocycles. The first-order chi connectivity index (χ1) is 9.12. The number of rotatable bonds is 7. The predicted molar refractivity (Wildman–Crippen MR) is 73.2 cm³/mol. The van der Waals surface area contributed by atoms with Crippen molar-refractivity contribution in [3.8, 4) is 0 Å². The van der Waals surface area contributed by atoms with Gasteiger partial charge in [0.25, 0.3) is 10.0 Å². The lowest BCUT2D eigenvalue weighted by molar-refractivity contribution is 0.401. The Kier molecular flexibility index (Phi) is 4.79. The molecule has 2 N–H and O–H groups in total. The molecule has 0 aromatic carbocycles. The van der Waals surface area contributed by atoms with E-state index in [0.717, 1.165) is 13.0 Å². The van der Waals surface area contributed by atoms with Gasteiger partial charge in [-0.25, -0.2) is 13.1 Å². The van der Waals surface area contributed by atoms with Crippen molar-refractivity contribution < 1.29 is 12.8 Å². The highest BCUT2D eigenvalue weighted by molar-refractivity contribution is 7.89. The van der Waals surface area contributed by atoms with Gasteiger partial charge in [-0.3, -0.25) is 0 Å². The van der Waals surface area contributed by atoms with Gasteiger partial charge in [0, 0.05) is 0 Å². The largest absolute Gasteiger partial charge is 0.447 e. The molecule has 0 atom stereocenters. The van der Waals surface area contributed by atoms with E-state index in [4.69, 9.17) is 4.42 Å². The van der Waals surface area contributed by atoms with Crippen LogP contribution in [-0.4, -0.2) is 22.0 Å². The molecule has 0 amide bonds. The Bertz CT molecular complexity index is 546. The molecule has 0 radical (unpaired) electrons. The molecule has 6 heteroatoms. The highest BCUT2D eigenvalue weighted by Gasteiger charge is 2.15. The second kappa shape index (κ2) is 6.36. The molecule has 2 rings (SSSR count). The van der Waals surface area contributed by atoms with Crippen molar-refractivity contribution >= 4 is 10.0 Å². The summed E-state index contributed by atoms with van der Waals surface area (Å²) >= 11 is 0. The molecule has 0 aliphatic heterocycles. The predicted octanol–water partition coefficient (Wildman–Crippen LogP) is 1.78. The number of nitrogens with one attached hydrogen (secondary N) is 2. The summed E-state index contributed by atoms with van der Waals surface area (Å²) in [7, 11) is -2.11. The fraction of sp³-hybridized carbons (Fsp3) is 0.538. The Morgan fingerprint density at radius 1 is 1.37 bits per heavy atom. The maximum atomic E-state index is 11.5. The van der Waals surface area contributed by atoms with E-state index in [0.29, 0.717) is 12.3 Å². The smallest absolute Gasteiger partial charge is 0.273 e. The second-order valence-electron chi connectivity index (χ2n) is 4.61. The highest BCUT2D eigenvalue weighted by atomic mass is 32.2. The topological polar surface area (TPSA) is 71.3 Å². The summed E-state index contributed by atoms with van der Waals surface area (Å²) in [5.74, 6) is 0.634. The molecule has 0 unspecified atom stereocenters. The van der Waals surface area contributed by atoms with Gasteiger partial charge in [0.05, 0.1) is 6.54 Å². The van der Waals surface area contributed by atoms with Gasteiger partial charge in [-0.05, 0) is 51.4 Å². The van der Waals surface area contributed by atoms with Crippen molar-refractivity contribution in [3.63, 3.8) is 0 Å². The van der Waals surface area contributed by atoms with E-state index in [1.807, 2.05) is 0 Å². The van der Waals surface area contributed by atoms with Crippen LogP contribution in [0.3, 0.4) is 0 Å². The lowest BCUT2D eigenvalue weighted by atomic mass is 10.2. The zero-order chi connectivity index (χ0) is 13.7. The molecule has 19 heavy (non-hydrogen) atoms. The van der Waals surface area contributed by atoms with Crippen LogP contribution in [0.5, 0.6) is 0 Å². The van der Waals surface area contributed by atoms with Crippen LogP contribution in [0.15, 0.2) is 33.3 Å². The van der Waals surface area contributed by atoms with Crippen LogP contribution in [0.1, 0.15) is 31.4 Å². The Labute approximate surface area is 114 Å². The van der Waals surface area contributed by atoms with Crippen molar-refractivity contribution in [1.29, 1.82) is 0 Å². The van der Waals surface area contributed by atoms with Gasteiger partial charge < -0.3 is 9.73 Å². The second-order valence-corrected chi connectivity index (χ2v) is 6.43. The molecule has 0 spiro atoms. The van der Waals surface area contributed by atoms with E-state index in [2.05, 4.69) is 16.1 Å². The maximum absolute atomic E-state index is 11.5. The normalized spacial score (nSPS) is 15.7. The number of allylic oxidation sites excluding steroid dienone is 1. The summed E-state index contributed by atoms with van der Waals surface area (Å²) in [6, 6.07) is 3.16. The molecule has 0 bridgehead atoms. The average Bonchev–Trinajstić information content (AvgIpc) is 3.06. The molecule has 1 heterocycles. The number of sulfonamides is 1. The van der Waals surface area contributed by atoms with Gasteiger partial charge in [0.2, 0.25) is 5.09 Å². The lowest BCUT2D eigenvalue weighted by Crippen LogP contribution is -2.18. The Hall–Kier alpha value is -1.11.